The van der Waals surface area contributed by atoms with Crippen LogP contribution in [0.3, 0.4) is 0 Å². The van der Waals surface area contributed by atoms with Crippen LogP contribution in [0.5, 0.6) is 0 Å². The lowest BCUT2D eigenvalue weighted by Gasteiger charge is -2.36. The van der Waals surface area contributed by atoms with E-state index < -0.39 is 48.4 Å². The molecule has 1 unspecified atom stereocenters. The van der Waals surface area contributed by atoms with Gasteiger partial charge >= 0.3 is 30.1 Å². The molecule has 0 heterocycles. The van der Waals surface area contributed by atoms with E-state index in [1.807, 2.05) is 0 Å². The molecule has 4 nitrogen and oxygen atoms in total. The second kappa shape index (κ2) is 5.83. The molecule has 0 aromatic rings. The average molecular weight is 349 g/mol. The number of rotatable bonds is 4. The van der Waals surface area contributed by atoms with Crippen molar-refractivity contribution < 1.29 is 58.9 Å². The summed E-state index contributed by atoms with van der Waals surface area (Å²) in [5.74, 6) is -10.8. The largest absolute Gasteiger partial charge is 0.549 e. The Balaban J connectivity index is 5.89. The monoisotopic (exact) mass is 349 g/mol. The van der Waals surface area contributed by atoms with Gasteiger partial charge in [-0.25, -0.2) is 0 Å². The fourth-order valence-corrected chi connectivity index (χ4v) is 1.34. The minimum absolute atomic E-state index is 0.246. The van der Waals surface area contributed by atoms with E-state index in [1.54, 1.807) is 0 Å². The van der Waals surface area contributed by atoms with Crippen LogP contribution in [0.25, 0.3) is 0 Å². The molecule has 0 saturated heterocycles. The summed E-state index contributed by atoms with van der Waals surface area (Å²) in [6.07, 6.45) is -20.6. The highest BCUT2D eigenvalue weighted by atomic mass is 19.4. The van der Waals surface area contributed by atoms with Gasteiger partial charge in [-0.15, -0.1) is 0 Å². The third-order valence-electron chi connectivity index (χ3n) is 2.49. The number of hydrogen-bond donors (Lipinski definition) is 0. The molecular weight excluding hydrogens is 343 g/mol. The van der Waals surface area contributed by atoms with E-state index in [0.717, 1.165) is 0 Å². The van der Waals surface area contributed by atoms with Crippen LogP contribution >= 0.6 is 0 Å². The van der Waals surface area contributed by atoms with E-state index in [-0.39, 0.29) is 6.92 Å². The SMILES string of the molecule is CCC(OC(=O)C(C(=O)[O-])C(F)(F)F)(C(F)(F)F)C(F)(F)F. The number of alkyl halides is 9. The van der Waals surface area contributed by atoms with E-state index in [2.05, 4.69) is 4.74 Å². The Labute approximate surface area is 115 Å². The number of ether oxygens (including phenoxy) is 1. The van der Waals surface area contributed by atoms with Crippen LogP contribution in [-0.4, -0.2) is 36.1 Å². The zero-order chi connectivity index (χ0) is 18.1. The molecule has 0 aliphatic rings. The minimum atomic E-state index is -6.32. The van der Waals surface area contributed by atoms with E-state index in [9.17, 15) is 54.2 Å². The standard InChI is InChI=1S/C9H7F9O4/c1-2-6(8(13,14)15,9(16,17)18)22-5(21)3(4(19)20)7(10,11)12/h3H,2H2,1H3,(H,19,20)/p-1. The molecule has 0 N–H and O–H groups in total. The molecule has 0 bridgehead atoms. The highest BCUT2D eigenvalue weighted by molar-refractivity contribution is 5.94. The first-order valence-corrected chi connectivity index (χ1v) is 5.15. The maximum absolute atomic E-state index is 12.6. The Bertz CT molecular complexity index is 420. The first-order chi connectivity index (χ1) is 9.51. The molecule has 0 aromatic carbocycles. The number of esters is 1. The number of halogens is 9. The number of aliphatic carboxylic acids is 1. The molecule has 0 spiro atoms. The van der Waals surface area contributed by atoms with Crippen molar-refractivity contribution in [2.24, 2.45) is 5.92 Å². The average Bonchev–Trinajstić information content (AvgIpc) is 2.19. The van der Waals surface area contributed by atoms with Crippen LogP contribution in [0.2, 0.25) is 0 Å². The van der Waals surface area contributed by atoms with Crippen LogP contribution in [0.1, 0.15) is 13.3 Å². The maximum Gasteiger partial charge on any atom is 0.437 e. The molecule has 0 aromatic heterocycles. The molecule has 0 radical (unpaired) electrons. The summed E-state index contributed by atoms with van der Waals surface area (Å²) in [4.78, 5) is 21.1. The lowest BCUT2D eigenvalue weighted by atomic mass is 9.98. The van der Waals surface area contributed by atoms with Gasteiger partial charge < -0.3 is 14.6 Å². The predicted octanol–water partition coefficient (Wildman–Crippen LogP) is 1.73. The summed E-state index contributed by atoms with van der Waals surface area (Å²) >= 11 is 0. The fourth-order valence-electron chi connectivity index (χ4n) is 1.34. The Morgan fingerprint density at radius 2 is 1.32 bits per heavy atom. The van der Waals surface area contributed by atoms with Gasteiger partial charge in [0.1, 0.15) is 0 Å². The molecule has 0 aliphatic heterocycles. The van der Waals surface area contributed by atoms with Gasteiger partial charge in [0.2, 0.25) is 0 Å². The molecule has 1 atom stereocenters. The van der Waals surface area contributed by atoms with Crippen molar-refractivity contribution in [3.63, 3.8) is 0 Å². The Morgan fingerprint density at radius 1 is 0.955 bits per heavy atom. The second-order valence-electron chi connectivity index (χ2n) is 3.89. The fraction of sp³-hybridized carbons (Fsp3) is 0.778. The van der Waals surface area contributed by atoms with Crippen LogP contribution in [0, 0.1) is 5.92 Å². The number of carbonyl (C=O) groups is 2. The Morgan fingerprint density at radius 3 is 1.50 bits per heavy atom. The third kappa shape index (κ3) is 3.74. The van der Waals surface area contributed by atoms with E-state index >= 15 is 0 Å². The van der Waals surface area contributed by atoms with Crippen molar-refractivity contribution in [1.29, 1.82) is 0 Å². The van der Waals surface area contributed by atoms with Gasteiger partial charge in [-0.2, -0.15) is 39.5 Å². The van der Waals surface area contributed by atoms with Crippen molar-refractivity contribution in [1.82, 2.24) is 0 Å². The minimum Gasteiger partial charge on any atom is -0.549 e. The number of carboxylic acid groups (broad SMARTS) is 1. The van der Waals surface area contributed by atoms with Gasteiger partial charge in [-0.05, 0) is 0 Å². The molecule has 0 aliphatic carbocycles. The van der Waals surface area contributed by atoms with Crippen molar-refractivity contribution in [2.75, 3.05) is 0 Å². The molecule has 0 amide bonds. The second-order valence-corrected chi connectivity index (χ2v) is 3.89. The van der Waals surface area contributed by atoms with Crippen molar-refractivity contribution in [2.45, 2.75) is 37.5 Å². The van der Waals surface area contributed by atoms with Gasteiger partial charge in [0.25, 0.3) is 0 Å². The van der Waals surface area contributed by atoms with Crippen LogP contribution in [0.4, 0.5) is 39.5 Å². The summed E-state index contributed by atoms with van der Waals surface area (Å²) in [5, 5.41) is 10.2. The van der Waals surface area contributed by atoms with Gasteiger partial charge in [0, 0.05) is 6.42 Å². The molecule has 130 valence electrons. The molecule has 0 fully saturated rings. The lowest BCUT2D eigenvalue weighted by molar-refractivity contribution is -0.375. The molecule has 0 rings (SSSR count). The van der Waals surface area contributed by atoms with Gasteiger partial charge in [0.05, 0.1) is 5.97 Å². The van der Waals surface area contributed by atoms with E-state index in [4.69, 9.17) is 0 Å². The normalized spacial score (nSPS) is 15.4. The first-order valence-electron chi connectivity index (χ1n) is 5.15. The molecule has 0 saturated carbocycles. The quantitative estimate of drug-likeness (QED) is 0.441. The molecule has 22 heavy (non-hydrogen) atoms. The summed E-state index contributed by atoms with van der Waals surface area (Å²) in [6, 6.07) is 0. The highest BCUT2D eigenvalue weighted by Gasteiger charge is 2.73. The topological polar surface area (TPSA) is 66.4 Å². The van der Waals surface area contributed by atoms with Crippen molar-refractivity contribution in [3.8, 4) is 0 Å². The number of carbonyl (C=O) groups excluding carboxylic acids is 2. The van der Waals surface area contributed by atoms with Crippen LogP contribution in [0.15, 0.2) is 0 Å². The number of hydrogen-bond acceptors (Lipinski definition) is 4. The van der Waals surface area contributed by atoms with Gasteiger partial charge in [-0.3, -0.25) is 4.79 Å². The van der Waals surface area contributed by atoms with Crippen LogP contribution < -0.4 is 5.11 Å². The van der Waals surface area contributed by atoms with E-state index in [0.29, 0.717) is 0 Å². The summed E-state index contributed by atoms with van der Waals surface area (Å²) < 4.78 is 115. The van der Waals surface area contributed by atoms with Gasteiger partial charge in [-0.1, -0.05) is 6.92 Å². The predicted molar refractivity (Wildman–Crippen MR) is 45.8 cm³/mol. The first kappa shape index (κ1) is 20.3. The van der Waals surface area contributed by atoms with E-state index in [1.165, 1.54) is 0 Å². The lowest BCUT2D eigenvalue weighted by Crippen LogP contribution is -2.61. The highest BCUT2D eigenvalue weighted by Crippen LogP contribution is 2.48. The summed E-state index contributed by atoms with van der Waals surface area (Å²) in [5.41, 5.74) is -5.27. The molecule has 13 heteroatoms. The Kier molecular flexibility index (Phi) is 5.39. The zero-order valence-electron chi connectivity index (χ0n) is 10.3. The number of carboxylic acids is 1. The third-order valence-corrected chi connectivity index (χ3v) is 2.49. The molecular formula is C9H6F9O4-. The Hall–Kier alpha value is -1.69. The summed E-state index contributed by atoms with van der Waals surface area (Å²) in [7, 11) is 0. The van der Waals surface area contributed by atoms with Crippen molar-refractivity contribution >= 4 is 11.9 Å². The summed E-state index contributed by atoms with van der Waals surface area (Å²) in [6.45, 7) is 0.246. The maximum atomic E-state index is 12.6. The van der Waals surface area contributed by atoms with Crippen molar-refractivity contribution in [3.05, 3.63) is 0 Å². The smallest absolute Gasteiger partial charge is 0.437 e. The van der Waals surface area contributed by atoms with Crippen LogP contribution in [-0.2, 0) is 14.3 Å². The van der Waals surface area contributed by atoms with Gasteiger partial charge in [0.15, 0.2) is 5.92 Å². The zero-order valence-corrected chi connectivity index (χ0v) is 10.3.